The number of hydrogen-bond donors (Lipinski definition) is 2. The third kappa shape index (κ3) is 3.89. The van der Waals surface area contributed by atoms with Crippen molar-refractivity contribution < 1.29 is 4.79 Å². The molecule has 0 aromatic rings. The van der Waals surface area contributed by atoms with E-state index in [1.807, 2.05) is 4.90 Å². The Balaban J connectivity index is 1.57. The number of likely N-dealkylation sites (tertiary alicyclic amines) is 1. The summed E-state index contributed by atoms with van der Waals surface area (Å²) >= 11 is 0. The first kappa shape index (κ1) is 15.1. The number of amides is 2. The van der Waals surface area contributed by atoms with Gasteiger partial charge in [0.15, 0.2) is 0 Å². The smallest absolute Gasteiger partial charge is 0.317 e. The Kier molecular flexibility index (Phi) is 5.36. The fourth-order valence-electron chi connectivity index (χ4n) is 4.21. The molecule has 0 spiro atoms. The molecule has 3 heterocycles. The molecule has 0 aromatic heterocycles. The summed E-state index contributed by atoms with van der Waals surface area (Å²) in [6.45, 7) is 7.24. The first-order valence-electron chi connectivity index (χ1n) is 8.82. The Bertz CT molecular complexity index is 343. The highest BCUT2D eigenvalue weighted by Crippen LogP contribution is 2.28. The molecule has 3 fully saturated rings. The molecule has 1 unspecified atom stereocenters. The molecule has 3 aliphatic rings. The summed E-state index contributed by atoms with van der Waals surface area (Å²) < 4.78 is 0. The molecule has 0 bridgehead atoms. The van der Waals surface area contributed by atoms with Gasteiger partial charge in [0.1, 0.15) is 0 Å². The summed E-state index contributed by atoms with van der Waals surface area (Å²) in [4.78, 5) is 16.4. The maximum atomic E-state index is 11.7. The van der Waals surface area contributed by atoms with Gasteiger partial charge in [-0.1, -0.05) is 12.8 Å². The number of rotatable bonds is 4. The van der Waals surface area contributed by atoms with Crippen LogP contribution in [-0.2, 0) is 0 Å². The van der Waals surface area contributed by atoms with Crippen LogP contribution in [0.1, 0.15) is 38.5 Å². The molecule has 120 valence electrons. The zero-order valence-corrected chi connectivity index (χ0v) is 13.1. The summed E-state index contributed by atoms with van der Waals surface area (Å²) in [5.41, 5.74) is 0. The molecule has 0 saturated carbocycles. The van der Waals surface area contributed by atoms with E-state index in [-0.39, 0.29) is 6.03 Å². The molecule has 0 radical (unpaired) electrons. The predicted octanol–water partition coefficient (Wildman–Crippen LogP) is 1.26. The summed E-state index contributed by atoms with van der Waals surface area (Å²) in [5.74, 6) is 0.858. The van der Waals surface area contributed by atoms with Crippen LogP contribution >= 0.6 is 0 Å². The second-order valence-electron chi connectivity index (χ2n) is 6.76. The van der Waals surface area contributed by atoms with E-state index >= 15 is 0 Å². The number of hydrogen-bond acceptors (Lipinski definition) is 3. The van der Waals surface area contributed by atoms with Crippen molar-refractivity contribution >= 4 is 6.03 Å². The molecule has 3 aliphatic heterocycles. The molecule has 3 rings (SSSR count). The molecule has 0 aromatic carbocycles. The zero-order valence-electron chi connectivity index (χ0n) is 13.1. The van der Waals surface area contributed by atoms with Crippen LogP contribution in [0.15, 0.2) is 0 Å². The van der Waals surface area contributed by atoms with Crippen molar-refractivity contribution in [1.82, 2.24) is 20.4 Å². The number of urea groups is 1. The lowest BCUT2D eigenvalue weighted by Crippen LogP contribution is -2.47. The van der Waals surface area contributed by atoms with Crippen molar-refractivity contribution in [2.75, 3.05) is 45.8 Å². The lowest BCUT2D eigenvalue weighted by molar-refractivity contribution is 0.113. The standard InChI is InChI=1S/C16H30N4O/c21-16-18-9-11-20(16)13-12-19-10-3-1-2-4-15(19)14-5-7-17-8-6-14/h14-15,17H,1-13H2,(H,18,21). The number of nitrogens with zero attached hydrogens (tertiary/aromatic N) is 2. The van der Waals surface area contributed by atoms with E-state index in [1.165, 1.54) is 58.2 Å². The van der Waals surface area contributed by atoms with Crippen molar-refractivity contribution in [3.63, 3.8) is 0 Å². The van der Waals surface area contributed by atoms with Crippen molar-refractivity contribution in [3.8, 4) is 0 Å². The monoisotopic (exact) mass is 294 g/mol. The fraction of sp³-hybridized carbons (Fsp3) is 0.938. The quantitative estimate of drug-likeness (QED) is 0.820. The van der Waals surface area contributed by atoms with E-state index < -0.39 is 0 Å². The average Bonchev–Trinajstić information content (AvgIpc) is 2.79. The number of carbonyl (C=O) groups excluding carboxylic acids is 1. The molecule has 0 aliphatic carbocycles. The topological polar surface area (TPSA) is 47.6 Å². The Morgan fingerprint density at radius 2 is 1.81 bits per heavy atom. The van der Waals surface area contributed by atoms with Gasteiger partial charge in [0.2, 0.25) is 0 Å². The molecular formula is C16H30N4O. The third-order valence-corrected chi connectivity index (χ3v) is 5.44. The van der Waals surface area contributed by atoms with Gasteiger partial charge in [-0.15, -0.1) is 0 Å². The minimum absolute atomic E-state index is 0.128. The van der Waals surface area contributed by atoms with Crippen molar-refractivity contribution in [2.45, 2.75) is 44.6 Å². The molecule has 5 heteroatoms. The van der Waals surface area contributed by atoms with E-state index in [1.54, 1.807) is 0 Å². The van der Waals surface area contributed by atoms with Crippen molar-refractivity contribution in [2.24, 2.45) is 5.92 Å². The van der Waals surface area contributed by atoms with Crippen LogP contribution < -0.4 is 10.6 Å². The lowest BCUT2D eigenvalue weighted by Gasteiger charge is -2.38. The first-order valence-corrected chi connectivity index (χ1v) is 8.82. The van der Waals surface area contributed by atoms with Gasteiger partial charge in [0, 0.05) is 32.2 Å². The summed E-state index contributed by atoms with van der Waals surface area (Å²) in [6.07, 6.45) is 8.10. The van der Waals surface area contributed by atoms with Gasteiger partial charge in [-0.05, 0) is 51.2 Å². The average molecular weight is 294 g/mol. The van der Waals surface area contributed by atoms with E-state index in [0.29, 0.717) is 0 Å². The van der Waals surface area contributed by atoms with Gasteiger partial charge in [0.25, 0.3) is 0 Å². The summed E-state index contributed by atoms with van der Waals surface area (Å²) in [5, 5.41) is 6.39. The maximum absolute atomic E-state index is 11.7. The van der Waals surface area contributed by atoms with Crippen LogP contribution in [0, 0.1) is 5.92 Å². The van der Waals surface area contributed by atoms with Crippen LogP contribution in [0.2, 0.25) is 0 Å². The molecule has 21 heavy (non-hydrogen) atoms. The lowest BCUT2D eigenvalue weighted by atomic mass is 9.87. The Morgan fingerprint density at radius 1 is 0.952 bits per heavy atom. The minimum Gasteiger partial charge on any atom is -0.336 e. The molecule has 3 saturated heterocycles. The molecule has 1 atom stereocenters. The zero-order chi connectivity index (χ0) is 14.5. The highest BCUT2D eigenvalue weighted by Gasteiger charge is 2.30. The minimum atomic E-state index is 0.128. The fourth-order valence-corrected chi connectivity index (χ4v) is 4.21. The van der Waals surface area contributed by atoms with Crippen LogP contribution in [-0.4, -0.2) is 67.7 Å². The van der Waals surface area contributed by atoms with Crippen molar-refractivity contribution in [1.29, 1.82) is 0 Å². The number of nitrogens with one attached hydrogen (secondary N) is 2. The maximum Gasteiger partial charge on any atom is 0.317 e. The highest BCUT2D eigenvalue weighted by molar-refractivity contribution is 5.76. The second kappa shape index (κ2) is 7.45. The SMILES string of the molecule is O=C1NCCN1CCN1CCCCCC1C1CCNCC1. The normalized spacial score (nSPS) is 29.4. The Labute approximate surface area is 128 Å². The largest absolute Gasteiger partial charge is 0.336 e. The van der Waals surface area contributed by atoms with Crippen LogP contribution in [0.3, 0.4) is 0 Å². The first-order chi connectivity index (χ1) is 10.3. The third-order valence-electron chi connectivity index (χ3n) is 5.44. The second-order valence-corrected chi connectivity index (χ2v) is 6.76. The molecular weight excluding hydrogens is 264 g/mol. The van der Waals surface area contributed by atoms with Crippen LogP contribution in [0.5, 0.6) is 0 Å². The van der Waals surface area contributed by atoms with E-state index in [9.17, 15) is 4.79 Å². The van der Waals surface area contributed by atoms with E-state index in [0.717, 1.165) is 38.1 Å². The van der Waals surface area contributed by atoms with Crippen LogP contribution in [0.25, 0.3) is 0 Å². The number of piperidine rings is 1. The predicted molar refractivity (Wildman–Crippen MR) is 84.4 cm³/mol. The summed E-state index contributed by atoms with van der Waals surface area (Å²) in [7, 11) is 0. The van der Waals surface area contributed by atoms with Crippen molar-refractivity contribution in [3.05, 3.63) is 0 Å². The molecule has 5 nitrogen and oxygen atoms in total. The van der Waals surface area contributed by atoms with E-state index in [2.05, 4.69) is 15.5 Å². The van der Waals surface area contributed by atoms with Crippen LogP contribution in [0.4, 0.5) is 4.79 Å². The van der Waals surface area contributed by atoms with Gasteiger partial charge in [-0.3, -0.25) is 4.90 Å². The highest BCUT2D eigenvalue weighted by atomic mass is 16.2. The van der Waals surface area contributed by atoms with Gasteiger partial charge in [-0.25, -0.2) is 4.79 Å². The van der Waals surface area contributed by atoms with Gasteiger partial charge in [0.05, 0.1) is 0 Å². The molecule has 2 N–H and O–H groups in total. The summed E-state index contributed by atoms with van der Waals surface area (Å²) in [6, 6.07) is 0.878. The van der Waals surface area contributed by atoms with E-state index in [4.69, 9.17) is 0 Å². The Morgan fingerprint density at radius 3 is 2.57 bits per heavy atom. The van der Waals surface area contributed by atoms with Gasteiger partial charge >= 0.3 is 6.03 Å². The number of carbonyl (C=O) groups is 1. The van der Waals surface area contributed by atoms with Gasteiger partial charge < -0.3 is 15.5 Å². The van der Waals surface area contributed by atoms with Gasteiger partial charge in [-0.2, -0.15) is 0 Å². The molecule has 2 amide bonds. The Hall–Kier alpha value is -0.810.